The SMILES string of the molecule is COCc1cccc2nc(-c3cc(C(C)(C)C)ccc3O)ccc12. The zero-order chi connectivity index (χ0) is 17.3. The summed E-state index contributed by atoms with van der Waals surface area (Å²) in [7, 11) is 1.69. The summed E-state index contributed by atoms with van der Waals surface area (Å²) in [5.41, 5.74) is 4.75. The lowest BCUT2D eigenvalue weighted by atomic mass is 9.85. The molecule has 0 saturated heterocycles. The Morgan fingerprint density at radius 1 is 1.04 bits per heavy atom. The lowest BCUT2D eigenvalue weighted by Crippen LogP contribution is -2.10. The van der Waals surface area contributed by atoms with E-state index in [9.17, 15) is 5.11 Å². The Bertz CT molecular complexity index is 879. The molecule has 3 rings (SSSR count). The van der Waals surface area contributed by atoms with Gasteiger partial charge in [0.2, 0.25) is 0 Å². The van der Waals surface area contributed by atoms with E-state index in [1.54, 1.807) is 13.2 Å². The summed E-state index contributed by atoms with van der Waals surface area (Å²) in [6, 6.07) is 15.8. The van der Waals surface area contributed by atoms with Crippen LogP contribution in [0.25, 0.3) is 22.2 Å². The van der Waals surface area contributed by atoms with Gasteiger partial charge in [-0.25, -0.2) is 4.98 Å². The Labute approximate surface area is 142 Å². The topological polar surface area (TPSA) is 42.4 Å². The van der Waals surface area contributed by atoms with Crippen molar-refractivity contribution in [2.24, 2.45) is 0 Å². The summed E-state index contributed by atoms with van der Waals surface area (Å²) >= 11 is 0. The minimum atomic E-state index is 0.0188. The fourth-order valence-corrected chi connectivity index (χ4v) is 2.86. The van der Waals surface area contributed by atoms with Crippen molar-refractivity contribution in [3.05, 3.63) is 59.7 Å². The van der Waals surface area contributed by atoms with Crippen molar-refractivity contribution in [3.8, 4) is 17.0 Å². The van der Waals surface area contributed by atoms with Crippen molar-refractivity contribution in [1.29, 1.82) is 0 Å². The molecular weight excluding hydrogens is 298 g/mol. The van der Waals surface area contributed by atoms with Gasteiger partial charge in [0.25, 0.3) is 0 Å². The molecule has 1 heterocycles. The number of benzene rings is 2. The first-order valence-electron chi connectivity index (χ1n) is 8.11. The molecule has 0 spiro atoms. The summed E-state index contributed by atoms with van der Waals surface area (Å²) in [5.74, 6) is 0.253. The molecular formula is C21H23NO2. The number of methoxy groups -OCH3 is 1. The van der Waals surface area contributed by atoms with Crippen LogP contribution in [0, 0.1) is 0 Å². The van der Waals surface area contributed by atoms with Crippen LogP contribution in [0.4, 0.5) is 0 Å². The fourth-order valence-electron chi connectivity index (χ4n) is 2.86. The monoisotopic (exact) mass is 321 g/mol. The van der Waals surface area contributed by atoms with Crippen molar-refractivity contribution >= 4 is 10.9 Å². The minimum Gasteiger partial charge on any atom is -0.507 e. The Morgan fingerprint density at radius 2 is 1.83 bits per heavy atom. The van der Waals surface area contributed by atoms with Crippen molar-refractivity contribution in [3.63, 3.8) is 0 Å². The van der Waals surface area contributed by atoms with Crippen molar-refractivity contribution in [2.75, 3.05) is 7.11 Å². The molecule has 24 heavy (non-hydrogen) atoms. The second-order valence-electron chi connectivity index (χ2n) is 7.10. The van der Waals surface area contributed by atoms with E-state index < -0.39 is 0 Å². The number of fused-ring (bicyclic) bond motifs is 1. The number of aromatic nitrogens is 1. The Balaban J connectivity index is 2.13. The molecule has 2 aromatic carbocycles. The molecule has 0 unspecified atom stereocenters. The van der Waals surface area contributed by atoms with E-state index in [1.165, 1.54) is 5.56 Å². The highest BCUT2D eigenvalue weighted by Crippen LogP contribution is 2.34. The normalized spacial score (nSPS) is 11.8. The summed E-state index contributed by atoms with van der Waals surface area (Å²) in [4.78, 5) is 4.76. The molecule has 0 bridgehead atoms. The zero-order valence-corrected chi connectivity index (χ0v) is 14.6. The molecule has 0 saturated carbocycles. The Kier molecular flexibility index (Phi) is 4.29. The molecule has 0 atom stereocenters. The summed E-state index contributed by atoms with van der Waals surface area (Å²) in [6.07, 6.45) is 0. The highest BCUT2D eigenvalue weighted by molar-refractivity contribution is 5.85. The van der Waals surface area contributed by atoms with Crippen LogP contribution in [-0.4, -0.2) is 17.2 Å². The summed E-state index contributed by atoms with van der Waals surface area (Å²) in [6.45, 7) is 7.04. The van der Waals surface area contributed by atoms with Crippen molar-refractivity contribution in [1.82, 2.24) is 4.98 Å². The fraction of sp³-hybridized carbons (Fsp3) is 0.286. The number of phenols is 1. The highest BCUT2D eigenvalue weighted by Gasteiger charge is 2.17. The van der Waals surface area contributed by atoms with Gasteiger partial charge in [0, 0.05) is 18.1 Å². The van der Waals surface area contributed by atoms with E-state index >= 15 is 0 Å². The number of hydrogen-bond acceptors (Lipinski definition) is 3. The largest absolute Gasteiger partial charge is 0.507 e. The maximum Gasteiger partial charge on any atom is 0.124 e. The van der Waals surface area contributed by atoms with Gasteiger partial charge in [0.1, 0.15) is 5.75 Å². The first-order valence-corrected chi connectivity index (χ1v) is 8.11. The van der Waals surface area contributed by atoms with E-state index in [2.05, 4.69) is 26.8 Å². The predicted molar refractivity (Wildman–Crippen MR) is 98.3 cm³/mol. The lowest BCUT2D eigenvalue weighted by Gasteiger charge is -2.20. The average molecular weight is 321 g/mol. The number of phenolic OH excluding ortho intramolecular Hbond substituents is 1. The first-order chi connectivity index (χ1) is 11.4. The van der Waals surface area contributed by atoms with E-state index in [0.717, 1.165) is 27.7 Å². The molecule has 1 aromatic heterocycles. The number of nitrogens with zero attached hydrogens (tertiary/aromatic N) is 1. The number of ether oxygens (including phenoxy) is 1. The standard InChI is InChI=1S/C21H23NO2/c1-21(2,3)15-8-11-20(23)17(12-15)19-10-9-16-14(13-24-4)6-5-7-18(16)22-19/h5-12,23H,13H2,1-4H3. The number of pyridine rings is 1. The maximum absolute atomic E-state index is 10.3. The lowest BCUT2D eigenvalue weighted by molar-refractivity contribution is 0.186. The molecule has 124 valence electrons. The number of rotatable bonds is 3. The number of hydrogen-bond donors (Lipinski definition) is 1. The second-order valence-corrected chi connectivity index (χ2v) is 7.10. The van der Waals surface area contributed by atoms with Gasteiger partial charge in [-0.3, -0.25) is 0 Å². The zero-order valence-electron chi connectivity index (χ0n) is 14.6. The van der Waals surface area contributed by atoms with Gasteiger partial charge in [-0.05, 0) is 40.8 Å². The van der Waals surface area contributed by atoms with Gasteiger partial charge < -0.3 is 9.84 Å². The molecule has 0 aliphatic carbocycles. The smallest absolute Gasteiger partial charge is 0.124 e. The van der Waals surface area contributed by atoms with Crippen LogP contribution in [0.5, 0.6) is 5.75 Å². The van der Waals surface area contributed by atoms with Gasteiger partial charge in [-0.1, -0.05) is 45.0 Å². The van der Waals surface area contributed by atoms with Crippen LogP contribution >= 0.6 is 0 Å². The van der Waals surface area contributed by atoms with Gasteiger partial charge in [0.05, 0.1) is 17.8 Å². The van der Waals surface area contributed by atoms with Gasteiger partial charge >= 0.3 is 0 Å². The molecule has 3 heteroatoms. The second kappa shape index (κ2) is 6.25. The van der Waals surface area contributed by atoms with Gasteiger partial charge in [-0.15, -0.1) is 0 Å². The van der Waals surface area contributed by atoms with Crippen LogP contribution in [0.2, 0.25) is 0 Å². The molecule has 0 aliphatic heterocycles. The quantitative estimate of drug-likeness (QED) is 0.734. The molecule has 3 aromatic rings. The van der Waals surface area contributed by atoms with Crippen LogP contribution in [0.1, 0.15) is 31.9 Å². The average Bonchev–Trinajstić information content (AvgIpc) is 2.54. The van der Waals surface area contributed by atoms with Crippen LogP contribution in [0.3, 0.4) is 0 Å². The maximum atomic E-state index is 10.3. The Hall–Kier alpha value is -2.39. The van der Waals surface area contributed by atoms with E-state index in [4.69, 9.17) is 9.72 Å². The summed E-state index contributed by atoms with van der Waals surface area (Å²) < 4.78 is 5.26. The molecule has 0 aliphatic rings. The highest BCUT2D eigenvalue weighted by atomic mass is 16.5. The molecule has 0 amide bonds. The minimum absolute atomic E-state index is 0.0188. The number of aromatic hydroxyl groups is 1. The molecule has 1 N–H and O–H groups in total. The van der Waals surface area contributed by atoms with Crippen LogP contribution in [0.15, 0.2) is 48.5 Å². The molecule has 3 nitrogen and oxygen atoms in total. The van der Waals surface area contributed by atoms with Crippen molar-refractivity contribution in [2.45, 2.75) is 32.8 Å². The van der Waals surface area contributed by atoms with Gasteiger partial charge in [0.15, 0.2) is 0 Å². The van der Waals surface area contributed by atoms with E-state index in [-0.39, 0.29) is 11.2 Å². The van der Waals surface area contributed by atoms with Crippen LogP contribution in [-0.2, 0) is 16.8 Å². The molecule has 0 radical (unpaired) electrons. The third-order valence-corrected chi connectivity index (χ3v) is 4.26. The van der Waals surface area contributed by atoms with E-state index in [1.807, 2.05) is 36.4 Å². The van der Waals surface area contributed by atoms with Crippen LogP contribution < -0.4 is 0 Å². The van der Waals surface area contributed by atoms with E-state index in [0.29, 0.717) is 6.61 Å². The predicted octanol–water partition coefficient (Wildman–Crippen LogP) is 5.05. The van der Waals surface area contributed by atoms with Crippen molar-refractivity contribution < 1.29 is 9.84 Å². The third kappa shape index (κ3) is 3.13. The summed E-state index contributed by atoms with van der Waals surface area (Å²) in [5, 5.41) is 11.4. The Morgan fingerprint density at radius 3 is 2.54 bits per heavy atom. The third-order valence-electron chi connectivity index (χ3n) is 4.26. The first kappa shape index (κ1) is 16.5. The molecule has 0 fully saturated rings. The van der Waals surface area contributed by atoms with Gasteiger partial charge in [-0.2, -0.15) is 0 Å².